The minimum absolute atomic E-state index is 0.413. The number of aliphatic hydroxyl groups is 1. The molecule has 2 saturated carbocycles. The van der Waals surface area contributed by atoms with E-state index < -0.39 is 0 Å². The molecule has 0 aliphatic heterocycles. The van der Waals surface area contributed by atoms with Crippen LogP contribution < -0.4 is 0 Å². The first-order chi connectivity index (χ1) is 7.37. The summed E-state index contributed by atoms with van der Waals surface area (Å²) < 4.78 is 0. The van der Waals surface area contributed by atoms with Crippen molar-refractivity contribution < 1.29 is 5.11 Å². The van der Waals surface area contributed by atoms with Crippen LogP contribution in [0.5, 0.6) is 0 Å². The lowest BCUT2D eigenvalue weighted by Gasteiger charge is -2.45. The van der Waals surface area contributed by atoms with E-state index in [9.17, 15) is 5.11 Å². The Hall–Kier alpha value is -0.0400. The molecular weight excluding hydrogens is 184 g/mol. The van der Waals surface area contributed by atoms with Crippen molar-refractivity contribution in [1.82, 2.24) is 0 Å². The summed E-state index contributed by atoms with van der Waals surface area (Å²) in [7, 11) is 0. The zero-order valence-corrected chi connectivity index (χ0v) is 10.0. The zero-order chi connectivity index (χ0) is 10.6. The van der Waals surface area contributed by atoms with Gasteiger partial charge in [0.15, 0.2) is 0 Å². The van der Waals surface area contributed by atoms with Crippen LogP contribution in [0.15, 0.2) is 0 Å². The number of hydrogen-bond acceptors (Lipinski definition) is 1. The molecule has 0 unspecified atom stereocenters. The van der Waals surface area contributed by atoms with Crippen molar-refractivity contribution in [3.63, 3.8) is 0 Å². The Morgan fingerprint density at radius 1 is 0.867 bits per heavy atom. The third-order valence-electron chi connectivity index (χ3n) is 4.93. The monoisotopic (exact) mass is 210 g/mol. The fourth-order valence-electron chi connectivity index (χ4n) is 4.06. The SMILES string of the molecule is OCCC1(C2CCCCC2)CCCCC1. The first-order valence-corrected chi connectivity index (χ1v) is 6.98. The van der Waals surface area contributed by atoms with Gasteiger partial charge in [-0.2, -0.15) is 0 Å². The quantitative estimate of drug-likeness (QED) is 0.749. The molecule has 0 bridgehead atoms. The lowest BCUT2D eigenvalue weighted by Crippen LogP contribution is -2.35. The topological polar surface area (TPSA) is 20.2 Å². The van der Waals surface area contributed by atoms with Crippen LogP contribution in [0.4, 0.5) is 0 Å². The molecule has 0 heterocycles. The molecule has 2 aliphatic carbocycles. The summed E-state index contributed by atoms with van der Waals surface area (Å²) in [6, 6.07) is 0. The van der Waals surface area contributed by atoms with Crippen LogP contribution in [-0.2, 0) is 0 Å². The summed E-state index contributed by atoms with van der Waals surface area (Å²) in [5, 5.41) is 9.31. The maximum atomic E-state index is 9.31. The molecule has 2 aliphatic rings. The van der Waals surface area contributed by atoms with Crippen molar-refractivity contribution in [2.24, 2.45) is 11.3 Å². The average molecular weight is 210 g/mol. The van der Waals surface area contributed by atoms with Crippen LogP contribution in [0.3, 0.4) is 0 Å². The highest BCUT2D eigenvalue weighted by atomic mass is 16.3. The smallest absolute Gasteiger partial charge is 0.0436 e. The van der Waals surface area contributed by atoms with Gasteiger partial charge in [-0.15, -0.1) is 0 Å². The van der Waals surface area contributed by atoms with Gasteiger partial charge < -0.3 is 5.11 Å². The summed E-state index contributed by atoms with van der Waals surface area (Å²) in [5.74, 6) is 0.943. The van der Waals surface area contributed by atoms with Crippen molar-refractivity contribution >= 4 is 0 Å². The van der Waals surface area contributed by atoms with Crippen LogP contribution in [0.1, 0.15) is 70.6 Å². The van der Waals surface area contributed by atoms with Gasteiger partial charge in [-0.1, -0.05) is 38.5 Å². The molecule has 15 heavy (non-hydrogen) atoms. The highest BCUT2D eigenvalue weighted by Crippen LogP contribution is 2.50. The highest BCUT2D eigenvalue weighted by molar-refractivity contribution is 4.90. The van der Waals surface area contributed by atoms with E-state index in [1.807, 2.05) is 0 Å². The highest BCUT2D eigenvalue weighted by Gasteiger charge is 2.39. The van der Waals surface area contributed by atoms with Gasteiger partial charge in [-0.05, 0) is 43.4 Å². The summed E-state index contributed by atoms with van der Waals surface area (Å²) in [5.41, 5.74) is 0.549. The van der Waals surface area contributed by atoms with E-state index in [2.05, 4.69) is 0 Å². The van der Waals surface area contributed by atoms with E-state index in [-0.39, 0.29) is 0 Å². The molecule has 0 amide bonds. The lowest BCUT2D eigenvalue weighted by atomic mass is 9.60. The van der Waals surface area contributed by atoms with Crippen molar-refractivity contribution in [2.75, 3.05) is 6.61 Å². The van der Waals surface area contributed by atoms with Gasteiger partial charge in [0.25, 0.3) is 0 Å². The molecule has 2 fully saturated rings. The molecule has 0 radical (unpaired) electrons. The molecule has 88 valence electrons. The van der Waals surface area contributed by atoms with E-state index >= 15 is 0 Å². The third-order valence-corrected chi connectivity index (χ3v) is 4.93. The Morgan fingerprint density at radius 2 is 1.47 bits per heavy atom. The molecule has 0 aromatic heterocycles. The van der Waals surface area contributed by atoms with Crippen LogP contribution in [0.25, 0.3) is 0 Å². The fourth-order valence-corrected chi connectivity index (χ4v) is 4.06. The van der Waals surface area contributed by atoms with E-state index in [0.717, 1.165) is 12.3 Å². The number of hydrogen-bond donors (Lipinski definition) is 1. The van der Waals surface area contributed by atoms with Crippen LogP contribution in [-0.4, -0.2) is 11.7 Å². The maximum absolute atomic E-state index is 9.31. The normalized spacial score (nSPS) is 27.8. The van der Waals surface area contributed by atoms with Gasteiger partial charge in [0.1, 0.15) is 0 Å². The minimum Gasteiger partial charge on any atom is -0.396 e. The summed E-state index contributed by atoms with van der Waals surface area (Å²) in [4.78, 5) is 0. The Bertz CT molecular complexity index is 170. The van der Waals surface area contributed by atoms with Gasteiger partial charge in [-0.25, -0.2) is 0 Å². The zero-order valence-electron chi connectivity index (χ0n) is 10.0. The first kappa shape index (κ1) is 11.4. The molecule has 0 atom stereocenters. The van der Waals surface area contributed by atoms with Crippen molar-refractivity contribution in [3.8, 4) is 0 Å². The van der Waals surface area contributed by atoms with Crippen LogP contribution in [0.2, 0.25) is 0 Å². The second-order valence-electron chi connectivity index (χ2n) is 5.73. The Morgan fingerprint density at radius 3 is 2.07 bits per heavy atom. The van der Waals surface area contributed by atoms with Gasteiger partial charge in [0.05, 0.1) is 0 Å². The number of rotatable bonds is 3. The summed E-state index contributed by atoms with van der Waals surface area (Å²) >= 11 is 0. The van der Waals surface area contributed by atoms with Crippen molar-refractivity contribution in [3.05, 3.63) is 0 Å². The van der Waals surface area contributed by atoms with E-state index in [4.69, 9.17) is 0 Å². The summed E-state index contributed by atoms with van der Waals surface area (Å²) in [6.07, 6.45) is 15.4. The molecule has 1 heteroatoms. The molecule has 0 saturated heterocycles. The van der Waals surface area contributed by atoms with Gasteiger partial charge in [0.2, 0.25) is 0 Å². The molecular formula is C14H26O. The van der Waals surface area contributed by atoms with Crippen LogP contribution in [0, 0.1) is 11.3 Å². The Kier molecular flexibility index (Phi) is 4.07. The van der Waals surface area contributed by atoms with Gasteiger partial charge in [0, 0.05) is 6.61 Å². The Balaban J connectivity index is 2.01. The molecule has 2 rings (SSSR count). The van der Waals surface area contributed by atoms with Crippen LogP contribution >= 0.6 is 0 Å². The van der Waals surface area contributed by atoms with Gasteiger partial charge >= 0.3 is 0 Å². The molecule has 1 N–H and O–H groups in total. The second-order valence-corrected chi connectivity index (χ2v) is 5.73. The predicted molar refractivity (Wildman–Crippen MR) is 63.8 cm³/mol. The minimum atomic E-state index is 0.413. The predicted octanol–water partition coefficient (Wildman–Crippen LogP) is 3.90. The molecule has 0 aromatic carbocycles. The largest absolute Gasteiger partial charge is 0.396 e. The molecule has 1 nitrogen and oxygen atoms in total. The van der Waals surface area contributed by atoms with Gasteiger partial charge in [-0.3, -0.25) is 0 Å². The van der Waals surface area contributed by atoms with Crippen molar-refractivity contribution in [2.45, 2.75) is 70.6 Å². The third kappa shape index (κ3) is 2.55. The average Bonchev–Trinajstić information content (AvgIpc) is 2.32. The van der Waals surface area contributed by atoms with Crippen molar-refractivity contribution in [1.29, 1.82) is 0 Å². The molecule has 0 aromatic rings. The van der Waals surface area contributed by atoms with E-state index in [1.165, 1.54) is 64.2 Å². The second kappa shape index (κ2) is 5.34. The fraction of sp³-hybridized carbons (Fsp3) is 1.00. The van der Waals surface area contributed by atoms with E-state index in [1.54, 1.807) is 0 Å². The van der Waals surface area contributed by atoms with E-state index in [0.29, 0.717) is 12.0 Å². The lowest BCUT2D eigenvalue weighted by molar-refractivity contribution is 0.0388. The molecule has 0 spiro atoms. The first-order valence-electron chi connectivity index (χ1n) is 6.98. The Labute approximate surface area is 94.3 Å². The number of aliphatic hydroxyl groups excluding tert-OH is 1. The summed E-state index contributed by atoms with van der Waals surface area (Å²) in [6.45, 7) is 0.413. The standard InChI is InChI=1S/C14H26O/c15-12-11-14(9-5-2-6-10-14)13-7-3-1-4-8-13/h13,15H,1-12H2. The maximum Gasteiger partial charge on any atom is 0.0436 e.